The minimum Gasteiger partial charge on any atom is -0.0879 e. The molecule has 3 aliphatic rings. The van der Waals surface area contributed by atoms with Crippen LogP contribution in [0.4, 0.5) is 0 Å². The van der Waals surface area contributed by atoms with E-state index in [-0.39, 0.29) is 0 Å². The van der Waals surface area contributed by atoms with E-state index in [0.717, 1.165) is 35.5 Å². The molecular weight excluding hydrogens is 204 g/mol. The molecule has 0 aliphatic heterocycles. The Morgan fingerprint density at radius 3 is 2.53 bits per heavy atom. The van der Waals surface area contributed by atoms with E-state index >= 15 is 0 Å². The summed E-state index contributed by atoms with van der Waals surface area (Å²) in [6, 6.07) is 0. The normalized spacial score (nSPS) is 50.6. The van der Waals surface area contributed by atoms with Crippen molar-refractivity contribution in [3.8, 4) is 0 Å². The lowest BCUT2D eigenvalue weighted by Gasteiger charge is -2.34. The number of rotatable bonds is 2. The van der Waals surface area contributed by atoms with Gasteiger partial charge in [-0.2, -0.15) is 0 Å². The van der Waals surface area contributed by atoms with Crippen LogP contribution < -0.4 is 0 Å². The predicted molar refractivity (Wildman–Crippen MR) is 73.7 cm³/mol. The quantitative estimate of drug-likeness (QED) is 0.596. The lowest BCUT2D eigenvalue weighted by molar-refractivity contribution is 0.218. The van der Waals surface area contributed by atoms with E-state index in [2.05, 4.69) is 39.0 Å². The van der Waals surface area contributed by atoms with Crippen LogP contribution in [0.2, 0.25) is 0 Å². The van der Waals surface area contributed by atoms with E-state index in [9.17, 15) is 0 Å². The number of hydrogen-bond donors (Lipinski definition) is 0. The van der Waals surface area contributed by atoms with Crippen LogP contribution in [-0.2, 0) is 0 Å². The molecule has 0 nitrogen and oxygen atoms in total. The van der Waals surface area contributed by atoms with Crippen LogP contribution in [-0.4, -0.2) is 0 Å². The third kappa shape index (κ3) is 1.72. The van der Waals surface area contributed by atoms with Gasteiger partial charge in [0.15, 0.2) is 0 Å². The molecule has 6 atom stereocenters. The minimum absolute atomic E-state index is 0.834. The first-order valence-corrected chi connectivity index (χ1v) is 7.59. The molecule has 2 bridgehead atoms. The molecule has 0 aromatic rings. The van der Waals surface area contributed by atoms with Gasteiger partial charge >= 0.3 is 0 Å². The first-order chi connectivity index (χ1) is 8.24. The van der Waals surface area contributed by atoms with E-state index in [4.69, 9.17) is 0 Å². The molecule has 0 saturated heterocycles. The van der Waals surface area contributed by atoms with Gasteiger partial charge in [0.05, 0.1) is 0 Å². The molecule has 0 aromatic carbocycles. The van der Waals surface area contributed by atoms with E-state index in [1.165, 1.54) is 25.7 Å². The summed E-state index contributed by atoms with van der Waals surface area (Å²) in [5, 5.41) is 0. The molecule has 0 aromatic heterocycles. The summed E-state index contributed by atoms with van der Waals surface area (Å²) < 4.78 is 0. The van der Waals surface area contributed by atoms with Crippen LogP contribution in [0.25, 0.3) is 0 Å². The Morgan fingerprint density at radius 1 is 1.18 bits per heavy atom. The lowest BCUT2D eigenvalue weighted by atomic mass is 9.71. The fourth-order valence-electron chi connectivity index (χ4n) is 5.10. The Hall–Kier alpha value is -0.520. The molecular formula is C17H26. The van der Waals surface area contributed by atoms with Crippen LogP contribution in [0.5, 0.6) is 0 Å². The maximum absolute atomic E-state index is 2.54. The molecule has 0 radical (unpaired) electrons. The molecule has 0 N–H and O–H groups in total. The zero-order chi connectivity index (χ0) is 12.0. The average molecular weight is 230 g/mol. The van der Waals surface area contributed by atoms with Gasteiger partial charge in [-0.3, -0.25) is 0 Å². The monoisotopic (exact) mass is 230 g/mol. The van der Waals surface area contributed by atoms with Gasteiger partial charge in [0, 0.05) is 0 Å². The minimum atomic E-state index is 0.834. The number of fused-ring (bicyclic) bond motifs is 2. The zero-order valence-corrected chi connectivity index (χ0v) is 11.5. The molecule has 0 heterocycles. The number of allylic oxidation sites excluding steroid dienone is 4. The van der Waals surface area contributed by atoms with Crippen molar-refractivity contribution in [2.24, 2.45) is 35.5 Å². The highest BCUT2D eigenvalue weighted by molar-refractivity contribution is 5.23. The third-order valence-electron chi connectivity index (χ3n) is 5.73. The van der Waals surface area contributed by atoms with E-state index in [1.54, 1.807) is 0 Å². The maximum Gasteiger partial charge on any atom is -0.0172 e. The van der Waals surface area contributed by atoms with Crippen LogP contribution in [0.15, 0.2) is 23.8 Å². The summed E-state index contributed by atoms with van der Waals surface area (Å²) in [4.78, 5) is 0. The van der Waals surface area contributed by atoms with Crippen LogP contribution in [0.1, 0.15) is 46.5 Å². The van der Waals surface area contributed by atoms with Gasteiger partial charge < -0.3 is 0 Å². The molecule has 0 spiro atoms. The molecule has 0 amide bonds. The van der Waals surface area contributed by atoms with Gasteiger partial charge in [0.1, 0.15) is 0 Å². The van der Waals surface area contributed by atoms with Gasteiger partial charge in [0.2, 0.25) is 0 Å². The van der Waals surface area contributed by atoms with Crippen LogP contribution in [0.3, 0.4) is 0 Å². The van der Waals surface area contributed by atoms with Crippen molar-refractivity contribution in [3.05, 3.63) is 23.8 Å². The number of hydrogen-bond acceptors (Lipinski definition) is 0. The summed E-state index contributed by atoms with van der Waals surface area (Å²) in [6.07, 6.45) is 13.2. The molecule has 2 saturated carbocycles. The first kappa shape index (κ1) is 11.6. The highest BCUT2D eigenvalue weighted by atomic mass is 14.5. The Labute approximate surface area is 106 Å². The second-order valence-electron chi connectivity index (χ2n) is 6.56. The SMILES string of the molecule is CC=C1C2CC(C3C=CC(C)C3)C(C2)C1CC. The highest BCUT2D eigenvalue weighted by Gasteiger charge is 2.50. The average Bonchev–Trinajstić information content (AvgIpc) is 3.00. The largest absolute Gasteiger partial charge is 0.0879 e. The van der Waals surface area contributed by atoms with Gasteiger partial charge in [-0.1, -0.05) is 37.6 Å². The first-order valence-electron chi connectivity index (χ1n) is 7.59. The standard InChI is InChI=1S/C17H26/c1-4-14-13-9-16(12-7-6-11(3)8-12)17(10-13)15(14)5-2/h4,6-7,11-13,15-17H,5,8-10H2,1-3H3. The molecule has 2 fully saturated rings. The molecule has 17 heavy (non-hydrogen) atoms. The van der Waals surface area contributed by atoms with Gasteiger partial charge in [0.25, 0.3) is 0 Å². The van der Waals surface area contributed by atoms with Crippen molar-refractivity contribution in [2.75, 3.05) is 0 Å². The van der Waals surface area contributed by atoms with Crippen molar-refractivity contribution < 1.29 is 0 Å². The Balaban J connectivity index is 1.77. The highest BCUT2D eigenvalue weighted by Crippen LogP contribution is 2.59. The van der Waals surface area contributed by atoms with E-state index in [0.29, 0.717) is 0 Å². The molecule has 0 heteroatoms. The topological polar surface area (TPSA) is 0 Å². The fraction of sp³-hybridized carbons (Fsp3) is 0.765. The van der Waals surface area contributed by atoms with Crippen molar-refractivity contribution in [1.29, 1.82) is 0 Å². The van der Waals surface area contributed by atoms with Crippen LogP contribution >= 0.6 is 0 Å². The van der Waals surface area contributed by atoms with Crippen LogP contribution in [0, 0.1) is 35.5 Å². The fourth-order valence-corrected chi connectivity index (χ4v) is 5.10. The van der Waals surface area contributed by atoms with Crippen molar-refractivity contribution in [3.63, 3.8) is 0 Å². The maximum atomic E-state index is 2.54. The van der Waals surface area contributed by atoms with E-state index < -0.39 is 0 Å². The molecule has 94 valence electrons. The summed E-state index contributed by atoms with van der Waals surface area (Å²) in [5.74, 6) is 5.64. The third-order valence-corrected chi connectivity index (χ3v) is 5.73. The predicted octanol–water partition coefficient (Wildman–Crippen LogP) is 4.83. The molecule has 3 rings (SSSR count). The summed E-state index contributed by atoms with van der Waals surface area (Å²) >= 11 is 0. The summed E-state index contributed by atoms with van der Waals surface area (Å²) in [6.45, 7) is 7.02. The smallest absolute Gasteiger partial charge is 0.0172 e. The van der Waals surface area contributed by atoms with Gasteiger partial charge in [-0.25, -0.2) is 0 Å². The second-order valence-corrected chi connectivity index (χ2v) is 6.56. The summed E-state index contributed by atoms with van der Waals surface area (Å²) in [5.41, 5.74) is 1.81. The Kier molecular flexibility index (Phi) is 2.92. The van der Waals surface area contributed by atoms with E-state index in [1.807, 2.05) is 5.57 Å². The Bertz CT molecular complexity index is 349. The lowest BCUT2D eigenvalue weighted by Crippen LogP contribution is -2.26. The van der Waals surface area contributed by atoms with Gasteiger partial charge in [-0.15, -0.1) is 0 Å². The van der Waals surface area contributed by atoms with Gasteiger partial charge in [-0.05, 0) is 68.1 Å². The van der Waals surface area contributed by atoms with Crippen molar-refractivity contribution >= 4 is 0 Å². The molecule has 3 aliphatic carbocycles. The summed E-state index contributed by atoms with van der Waals surface area (Å²) in [7, 11) is 0. The van der Waals surface area contributed by atoms with Crippen molar-refractivity contribution in [1.82, 2.24) is 0 Å². The zero-order valence-electron chi connectivity index (χ0n) is 11.5. The second kappa shape index (κ2) is 4.30. The van der Waals surface area contributed by atoms with Crippen molar-refractivity contribution in [2.45, 2.75) is 46.5 Å². The molecule has 6 unspecified atom stereocenters. The Morgan fingerprint density at radius 2 is 1.94 bits per heavy atom.